The Morgan fingerprint density at radius 2 is 1.04 bits per heavy atom. The molecule has 7 rings (SSSR count). The molecule has 0 saturated heterocycles. The molecule has 0 aliphatic carbocycles. The van der Waals surface area contributed by atoms with E-state index in [9.17, 15) is 5.26 Å². The van der Waals surface area contributed by atoms with Crippen LogP contribution in [-0.4, -0.2) is 14.5 Å². The Balaban J connectivity index is 1.44. The Morgan fingerprint density at radius 3 is 1.55 bits per heavy atom. The standard InChI is InChI=1S/C43H38N4/c1-42(2,3)32-18-21-39-34(24-32)35-25-33(43(4,5)6)19-22-40(35)47(39)38-20-17-30(23-31(38)27-44)37-26-36(28-13-9-7-10-14-28)45-41(46-37)29-15-11-8-12-16-29/h7-26H,1-6H3. The van der Waals surface area contributed by atoms with E-state index in [4.69, 9.17) is 9.97 Å². The first-order valence-electron chi connectivity index (χ1n) is 16.2. The van der Waals surface area contributed by atoms with Gasteiger partial charge in [-0.1, -0.05) is 120 Å². The molecule has 7 aromatic rings. The van der Waals surface area contributed by atoms with Crippen LogP contribution in [0, 0.1) is 11.3 Å². The Hall–Kier alpha value is -5.53. The fraction of sp³-hybridized carbons (Fsp3) is 0.186. The molecule has 5 aromatic carbocycles. The molecule has 2 heterocycles. The van der Waals surface area contributed by atoms with Gasteiger partial charge in [-0.3, -0.25) is 0 Å². The number of rotatable bonds is 4. The molecule has 4 heteroatoms. The summed E-state index contributed by atoms with van der Waals surface area (Å²) in [5.41, 5.74) is 10.6. The highest BCUT2D eigenvalue weighted by molar-refractivity contribution is 6.10. The van der Waals surface area contributed by atoms with Gasteiger partial charge in [0.2, 0.25) is 0 Å². The summed E-state index contributed by atoms with van der Waals surface area (Å²) in [5.74, 6) is 0.649. The van der Waals surface area contributed by atoms with Crippen molar-refractivity contribution in [2.24, 2.45) is 0 Å². The van der Waals surface area contributed by atoms with E-state index in [2.05, 4.69) is 113 Å². The Labute approximate surface area is 277 Å². The van der Waals surface area contributed by atoms with Gasteiger partial charge < -0.3 is 4.57 Å². The van der Waals surface area contributed by atoms with Gasteiger partial charge >= 0.3 is 0 Å². The Kier molecular flexibility index (Phi) is 7.29. The Morgan fingerprint density at radius 1 is 0.532 bits per heavy atom. The molecule has 0 aliphatic heterocycles. The molecule has 0 radical (unpaired) electrons. The van der Waals surface area contributed by atoms with Crippen molar-refractivity contribution >= 4 is 21.8 Å². The minimum absolute atomic E-state index is 0.0124. The summed E-state index contributed by atoms with van der Waals surface area (Å²) >= 11 is 0. The van der Waals surface area contributed by atoms with Crippen molar-refractivity contribution < 1.29 is 0 Å². The molecular formula is C43H38N4. The average Bonchev–Trinajstić information content (AvgIpc) is 3.41. The van der Waals surface area contributed by atoms with Gasteiger partial charge in [0, 0.05) is 27.5 Å². The lowest BCUT2D eigenvalue weighted by molar-refractivity contribution is 0.590. The van der Waals surface area contributed by atoms with Crippen molar-refractivity contribution in [3.63, 3.8) is 0 Å². The molecule has 0 unspecified atom stereocenters. The first kappa shape index (κ1) is 30.1. The molecule has 0 spiro atoms. The van der Waals surface area contributed by atoms with Crippen LogP contribution in [0.5, 0.6) is 0 Å². The van der Waals surface area contributed by atoms with Crippen LogP contribution in [0.15, 0.2) is 121 Å². The van der Waals surface area contributed by atoms with Crippen molar-refractivity contribution in [1.82, 2.24) is 14.5 Å². The smallest absolute Gasteiger partial charge is 0.160 e. The van der Waals surface area contributed by atoms with Crippen molar-refractivity contribution in [2.75, 3.05) is 0 Å². The zero-order valence-electron chi connectivity index (χ0n) is 27.8. The van der Waals surface area contributed by atoms with Crippen molar-refractivity contribution in [3.8, 4) is 45.7 Å². The maximum atomic E-state index is 10.6. The van der Waals surface area contributed by atoms with Crippen LogP contribution in [-0.2, 0) is 10.8 Å². The van der Waals surface area contributed by atoms with Gasteiger partial charge in [0.25, 0.3) is 0 Å². The third-order valence-corrected chi connectivity index (χ3v) is 8.98. The quantitative estimate of drug-likeness (QED) is 0.199. The zero-order chi connectivity index (χ0) is 32.9. The van der Waals surface area contributed by atoms with Crippen LogP contribution in [0.1, 0.15) is 58.2 Å². The third-order valence-electron chi connectivity index (χ3n) is 8.98. The van der Waals surface area contributed by atoms with Crippen LogP contribution >= 0.6 is 0 Å². The van der Waals surface area contributed by atoms with Crippen LogP contribution in [0.25, 0.3) is 61.4 Å². The summed E-state index contributed by atoms with van der Waals surface area (Å²) in [6, 6.07) is 44.4. The fourth-order valence-corrected chi connectivity index (χ4v) is 6.26. The van der Waals surface area contributed by atoms with E-state index in [-0.39, 0.29) is 10.8 Å². The largest absolute Gasteiger partial charge is 0.308 e. The minimum atomic E-state index is 0.0124. The van der Waals surface area contributed by atoms with Gasteiger partial charge in [-0.15, -0.1) is 0 Å². The summed E-state index contributed by atoms with van der Waals surface area (Å²) in [5, 5.41) is 13.0. The van der Waals surface area contributed by atoms with Crippen molar-refractivity contribution in [2.45, 2.75) is 52.4 Å². The van der Waals surface area contributed by atoms with Crippen molar-refractivity contribution in [1.29, 1.82) is 5.26 Å². The molecule has 0 saturated carbocycles. The SMILES string of the molecule is CC(C)(C)c1ccc2c(c1)c1cc(C(C)(C)C)ccc1n2-c1ccc(-c2cc(-c3ccccc3)nc(-c3ccccc3)n2)cc1C#N. The summed E-state index contributed by atoms with van der Waals surface area (Å²) in [6.45, 7) is 13.5. The van der Waals surface area contributed by atoms with E-state index in [1.54, 1.807) is 0 Å². The topological polar surface area (TPSA) is 54.5 Å². The minimum Gasteiger partial charge on any atom is -0.308 e. The summed E-state index contributed by atoms with van der Waals surface area (Å²) in [4.78, 5) is 9.94. The van der Waals surface area contributed by atoms with E-state index in [0.717, 1.165) is 44.8 Å². The highest BCUT2D eigenvalue weighted by Gasteiger charge is 2.22. The number of hydrogen-bond acceptors (Lipinski definition) is 3. The first-order valence-corrected chi connectivity index (χ1v) is 16.2. The van der Waals surface area contributed by atoms with E-state index in [1.165, 1.54) is 21.9 Å². The monoisotopic (exact) mass is 610 g/mol. The summed E-state index contributed by atoms with van der Waals surface area (Å²) < 4.78 is 2.25. The van der Waals surface area contributed by atoms with Gasteiger partial charge in [-0.25, -0.2) is 9.97 Å². The van der Waals surface area contributed by atoms with Crippen LogP contribution in [0.4, 0.5) is 0 Å². The van der Waals surface area contributed by atoms with Gasteiger partial charge in [-0.2, -0.15) is 5.26 Å². The van der Waals surface area contributed by atoms with Crippen LogP contribution < -0.4 is 0 Å². The van der Waals surface area contributed by atoms with Crippen LogP contribution in [0.2, 0.25) is 0 Å². The summed E-state index contributed by atoms with van der Waals surface area (Å²) in [6.07, 6.45) is 0. The zero-order valence-corrected chi connectivity index (χ0v) is 27.8. The predicted molar refractivity (Wildman–Crippen MR) is 195 cm³/mol. The number of nitrogens with zero attached hydrogens (tertiary/aromatic N) is 4. The third kappa shape index (κ3) is 5.59. The van der Waals surface area contributed by atoms with Gasteiger partial charge in [0.15, 0.2) is 5.82 Å². The van der Waals surface area contributed by atoms with E-state index in [0.29, 0.717) is 11.4 Å². The molecular weight excluding hydrogens is 573 g/mol. The first-order chi connectivity index (χ1) is 22.5. The second-order valence-electron chi connectivity index (χ2n) is 14.3. The normalized spacial score (nSPS) is 12.0. The van der Waals surface area contributed by atoms with Gasteiger partial charge in [-0.05, 0) is 64.4 Å². The molecule has 4 nitrogen and oxygen atoms in total. The highest BCUT2D eigenvalue weighted by atomic mass is 15.0. The number of fused-ring (bicyclic) bond motifs is 3. The summed E-state index contributed by atoms with van der Waals surface area (Å²) in [7, 11) is 0. The Bertz CT molecular complexity index is 2180. The van der Waals surface area contributed by atoms with Gasteiger partial charge in [0.05, 0.1) is 33.7 Å². The lowest BCUT2D eigenvalue weighted by atomic mass is 9.85. The lowest BCUT2D eigenvalue weighted by Gasteiger charge is -2.19. The molecule has 47 heavy (non-hydrogen) atoms. The molecule has 0 amide bonds. The number of benzene rings is 5. The average molecular weight is 611 g/mol. The predicted octanol–water partition coefficient (Wildman–Crippen LogP) is 11.0. The lowest BCUT2D eigenvalue weighted by Crippen LogP contribution is -2.10. The molecule has 0 N–H and O–H groups in total. The molecule has 2 aromatic heterocycles. The molecule has 230 valence electrons. The molecule has 0 aliphatic rings. The number of nitriles is 1. The second kappa shape index (κ2) is 11.4. The molecule has 0 atom stereocenters. The number of aromatic nitrogens is 3. The maximum Gasteiger partial charge on any atom is 0.160 e. The van der Waals surface area contributed by atoms with Crippen LogP contribution in [0.3, 0.4) is 0 Å². The van der Waals surface area contributed by atoms with Crippen molar-refractivity contribution in [3.05, 3.63) is 138 Å². The number of hydrogen-bond donors (Lipinski definition) is 0. The molecule has 0 fully saturated rings. The van der Waals surface area contributed by atoms with E-state index in [1.807, 2.05) is 60.7 Å². The fourth-order valence-electron chi connectivity index (χ4n) is 6.26. The maximum absolute atomic E-state index is 10.6. The molecule has 0 bridgehead atoms. The van der Waals surface area contributed by atoms with E-state index < -0.39 is 0 Å². The van der Waals surface area contributed by atoms with E-state index >= 15 is 0 Å². The highest BCUT2D eigenvalue weighted by Crippen LogP contribution is 2.39. The second-order valence-corrected chi connectivity index (χ2v) is 14.3. The van der Waals surface area contributed by atoms with Gasteiger partial charge in [0.1, 0.15) is 6.07 Å².